The number of carbonyl (C=O) groups excluding carboxylic acids is 2. The molecule has 0 aliphatic heterocycles. The van der Waals surface area contributed by atoms with E-state index in [-0.39, 0.29) is 45.2 Å². The van der Waals surface area contributed by atoms with Crippen molar-refractivity contribution in [2.45, 2.75) is 106 Å². The number of fused-ring (bicyclic) bond motifs is 7. The molecule has 0 heterocycles. The van der Waals surface area contributed by atoms with E-state index in [0.29, 0.717) is 24.2 Å². The molecule has 0 amide bonds. The molecule has 0 aromatic carbocycles. The highest BCUT2D eigenvalue weighted by molar-refractivity contribution is 5.96. The maximum absolute atomic E-state index is 14.4. The number of methoxy groups -OCH3 is 1. The number of nitroso groups, excluding NO2 is 1. The summed E-state index contributed by atoms with van der Waals surface area (Å²) >= 11 is 0. The lowest BCUT2D eigenvalue weighted by atomic mass is 9.33. The summed E-state index contributed by atoms with van der Waals surface area (Å²) in [6, 6.07) is -0.604. The zero-order chi connectivity index (χ0) is 26.5. The molecule has 5 aliphatic carbocycles. The highest BCUT2D eigenvalue weighted by atomic mass is 16.5. The van der Waals surface area contributed by atoms with Gasteiger partial charge in [0.15, 0.2) is 5.78 Å². The van der Waals surface area contributed by atoms with E-state index in [2.05, 4.69) is 52.8 Å². The van der Waals surface area contributed by atoms with Crippen molar-refractivity contribution in [2.75, 3.05) is 7.11 Å². The van der Waals surface area contributed by atoms with Crippen LogP contribution in [0.15, 0.2) is 16.8 Å². The van der Waals surface area contributed by atoms with E-state index in [0.717, 1.165) is 25.7 Å². The maximum atomic E-state index is 14.4. The van der Waals surface area contributed by atoms with Gasteiger partial charge in [0.25, 0.3) is 0 Å². The molecule has 11 atom stereocenters. The van der Waals surface area contributed by atoms with Crippen molar-refractivity contribution in [3.8, 4) is 0 Å². The van der Waals surface area contributed by atoms with Gasteiger partial charge in [0.05, 0.1) is 12.5 Å². The first-order chi connectivity index (χ1) is 16.7. The molecule has 36 heavy (non-hydrogen) atoms. The Kier molecular flexibility index (Phi) is 5.79. The molecule has 0 radical (unpaired) electrons. The van der Waals surface area contributed by atoms with Gasteiger partial charge in [-0.1, -0.05) is 52.3 Å². The van der Waals surface area contributed by atoms with E-state index < -0.39 is 11.5 Å². The first-order valence-electron chi connectivity index (χ1n) is 14.4. The number of hydrogen-bond donors (Lipinski definition) is 0. The molecule has 0 spiro atoms. The van der Waals surface area contributed by atoms with Crippen molar-refractivity contribution in [1.29, 1.82) is 0 Å². The lowest BCUT2D eigenvalue weighted by Crippen LogP contribution is -2.68. The average molecular weight is 498 g/mol. The SMILES string of the molecule is COC(=O)[C@@]1(C)C(N=O)CC[C@@]2(C)C1CC[C@]1(C)C2C(=O)C=C2C3[C@@H](C)[C@H](C)CC[C@]3(C)CC[C@]21C. The van der Waals surface area contributed by atoms with Gasteiger partial charge in [-0.25, -0.2) is 0 Å². The summed E-state index contributed by atoms with van der Waals surface area (Å²) in [5, 5.41) is 3.43. The Morgan fingerprint density at radius 1 is 0.972 bits per heavy atom. The Morgan fingerprint density at radius 2 is 1.67 bits per heavy atom. The largest absolute Gasteiger partial charge is 0.469 e. The van der Waals surface area contributed by atoms with Gasteiger partial charge in [-0.15, -0.1) is 0 Å². The molecule has 0 N–H and O–H groups in total. The minimum absolute atomic E-state index is 0.0313. The normalized spacial score (nSPS) is 54.2. The molecule has 4 saturated carbocycles. The molecule has 0 bridgehead atoms. The van der Waals surface area contributed by atoms with Crippen molar-refractivity contribution in [1.82, 2.24) is 0 Å². The topological polar surface area (TPSA) is 72.8 Å². The molecule has 5 rings (SSSR count). The highest BCUT2D eigenvalue weighted by Gasteiger charge is 2.72. The van der Waals surface area contributed by atoms with E-state index in [1.165, 1.54) is 31.9 Å². The smallest absolute Gasteiger partial charge is 0.314 e. The van der Waals surface area contributed by atoms with Crippen LogP contribution in [-0.2, 0) is 14.3 Å². The summed E-state index contributed by atoms with van der Waals surface area (Å²) in [5.74, 6) is 1.36. The van der Waals surface area contributed by atoms with Gasteiger partial charge in [-0.3, -0.25) is 9.59 Å². The first-order valence-corrected chi connectivity index (χ1v) is 14.4. The fourth-order valence-corrected chi connectivity index (χ4v) is 11.0. The average Bonchev–Trinajstić information content (AvgIpc) is 2.82. The second-order valence-corrected chi connectivity index (χ2v) is 14.7. The third-order valence-corrected chi connectivity index (χ3v) is 13.5. The Bertz CT molecular complexity index is 1020. The Labute approximate surface area is 217 Å². The van der Waals surface area contributed by atoms with E-state index in [1.54, 1.807) is 0 Å². The fraction of sp³-hybridized carbons (Fsp3) is 0.871. The number of ketones is 1. The number of ether oxygens (including phenoxy) is 1. The quantitative estimate of drug-likeness (QED) is 0.300. The van der Waals surface area contributed by atoms with Crippen LogP contribution in [0.3, 0.4) is 0 Å². The van der Waals surface area contributed by atoms with Crippen molar-refractivity contribution < 1.29 is 14.3 Å². The molecule has 5 heteroatoms. The second kappa shape index (κ2) is 7.99. The molecule has 5 nitrogen and oxygen atoms in total. The van der Waals surface area contributed by atoms with Gasteiger partial charge >= 0.3 is 5.97 Å². The standard InChI is InChI=1S/C31H47NO4/c1-18-9-12-27(3)15-16-29(5)20(24(27)19(18)2)17-21(33)25-28(4)13-11-23(32-35)31(7,26(34)36-8)22(28)10-14-30(25,29)6/h17-19,22-25H,9-16H2,1-8H3/t18-,19+,22?,23?,24?,25?,27-,28+,29-,30-,31-/m1/s1. The highest BCUT2D eigenvalue weighted by Crippen LogP contribution is 2.75. The van der Waals surface area contributed by atoms with Crippen molar-refractivity contribution in [2.24, 2.45) is 61.8 Å². The predicted octanol–water partition coefficient (Wildman–Crippen LogP) is 7.13. The maximum Gasteiger partial charge on any atom is 0.314 e. The van der Waals surface area contributed by atoms with Gasteiger partial charge in [-0.05, 0) is 110 Å². The predicted molar refractivity (Wildman–Crippen MR) is 141 cm³/mol. The molecular weight excluding hydrogens is 450 g/mol. The molecule has 0 saturated heterocycles. The van der Waals surface area contributed by atoms with Gasteiger partial charge in [0, 0.05) is 5.92 Å². The van der Waals surface area contributed by atoms with E-state index in [1.807, 2.05) is 6.92 Å². The van der Waals surface area contributed by atoms with E-state index in [4.69, 9.17) is 4.74 Å². The minimum Gasteiger partial charge on any atom is -0.469 e. The lowest BCUT2D eigenvalue weighted by Gasteiger charge is -2.70. The summed E-state index contributed by atoms with van der Waals surface area (Å²) in [5.41, 5.74) is 0.148. The second-order valence-electron chi connectivity index (χ2n) is 14.7. The number of carbonyl (C=O) groups is 2. The summed E-state index contributed by atoms with van der Waals surface area (Å²) in [6.07, 6.45) is 9.97. The summed E-state index contributed by atoms with van der Waals surface area (Å²) in [7, 11) is 1.40. The van der Waals surface area contributed by atoms with Gasteiger partial charge in [0.1, 0.15) is 6.04 Å². The summed E-state index contributed by atoms with van der Waals surface area (Å²) < 4.78 is 5.27. The van der Waals surface area contributed by atoms with Crippen molar-refractivity contribution in [3.05, 3.63) is 16.6 Å². The molecule has 0 aromatic rings. The van der Waals surface area contributed by atoms with E-state index >= 15 is 0 Å². The molecule has 0 aromatic heterocycles. The third kappa shape index (κ3) is 2.95. The number of nitrogens with zero attached hydrogens (tertiary/aromatic N) is 1. The number of allylic oxidation sites excluding steroid dienone is 2. The number of rotatable bonds is 2. The van der Waals surface area contributed by atoms with Gasteiger partial charge in [-0.2, -0.15) is 4.91 Å². The van der Waals surface area contributed by atoms with Crippen LogP contribution in [0.2, 0.25) is 0 Å². The summed E-state index contributed by atoms with van der Waals surface area (Å²) in [6.45, 7) is 16.3. The number of hydrogen-bond acceptors (Lipinski definition) is 5. The van der Waals surface area contributed by atoms with Crippen molar-refractivity contribution >= 4 is 11.8 Å². The van der Waals surface area contributed by atoms with E-state index in [9.17, 15) is 14.5 Å². The Hall–Kier alpha value is -1.52. The van der Waals surface area contributed by atoms with Crippen LogP contribution in [-0.4, -0.2) is 24.9 Å². The Morgan fingerprint density at radius 3 is 2.31 bits per heavy atom. The Balaban J connectivity index is 1.64. The zero-order valence-corrected chi connectivity index (χ0v) is 23.8. The first kappa shape index (κ1) is 26.1. The van der Waals surface area contributed by atoms with Crippen LogP contribution >= 0.6 is 0 Å². The van der Waals surface area contributed by atoms with Crippen molar-refractivity contribution in [3.63, 3.8) is 0 Å². The molecule has 4 fully saturated rings. The number of esters is 1. The molecule has 200 valence electrons. The molecule has 4 unspecified atom stereocenters. The molecular formula is C31H47NO4. The van der Waals surface area contributed by atoms with Crippen LogP contribution in [0.25, 0.3) is 0 Å². The minimum atomic E-state index is -0.992. The van der Waals surface area contributed by atoms with Crippen LogP contribution in [0.5, 0.6) is 0 Å². The molecule has 5 aliphatic rings. The summed E-state index contributed by atoms with van der Waals surface area (Å²) in [4.78, 5) is 39.5. The third-order valence-electron chi connectivity index (χ3n) is 13.5. The zero-order valence-electron chi connectivity index (χ0n) is 23.8. The monoisotopic (exact) mass is 497 g/mol. The van der Waals surface area contributed by atoms with Crippen LogP contribution < -0.4 is 0 Å². The lowest BCUT2D eigenvalue weighted by molar-refractivity contribution is -0.201. The fourth-order valence-electron chi connectivity index (χ4n) is 11.0. The van der Waals surface area contributed by atoms with Gasteiger partial charge in [0.2, 0.25) is 0 Å². The van der Waals surface area contributed by atoms with Crippen LogP contribution in [0, 0.1) is 61.6 Å². The van der Waals surface area contributed by atoms with Gasteiger partial charge < -0.3 is 4.74 Å². The van der Waals surface area contributed by atoms with Crippen LogP contribution in [0.4, 0.5) is 0 Å². The van der Waals surface area contributed by atoms with Crippen LogP contribution in [0.1, 0.15) is 99.8 Å².